The van der Waals surface area contributed by atoms with Gasteiger partial charge in [-0.15, -0.1) is 0 Å². The number of hydrogen-bond donors (Lipinski definition) is 4. The van der Waals surface area contributed by atoms with Gasteiger partial charge in [-0.1, -0.05) is 11.6 Å². The van der Waals surface area contributed by atoms with E-state index in [1.165, 1.54) is 0 Å². The van der Waals surface area contributed by atoms with Crippen molar-refractivity contribution in [2.24, 2.45) is 5.41 Å². The summed E-state index contributed by atoms with van der Waals surface area (Å²) in [5, 5.41) is 16.7. The van der Waals surface area contributed by atoms with Gasteiger partial charge in [0, 0.05) is 34.7 Å². The molecule has 0 spiro atoms. The smallest absolute Gasteiger partial charge is 0.261 e. The van der Waals surface area contributed by atoms with Gasteiger partial charge >= 0.3 is 0 Å². The van der Waals surface area contributed by atoms with Crippen LogP contribution in [0.25, 0.3) is 11.0 Å². The van der Waals surface area contributed by atoms with E-state index in [0.29, 0.717) is 46.9 Å². The van der Waals surface area contributed by atoms with E-state index in [2.05, 4.69) is 20.6 Å². The van der Waals surface area contributed by atoms with Crippen LogP contribution < -0.4 is 15.4 Å². The number of fused-ring (bicyclic) bond motifs is 2. The van der Waals surface area contributed by atoms with E-state index in [-0.39, 0.29) is 30.3 Å². The molecule has 182 valence electrons. The average Bonchev–Trinajstić information content (AvgIpc) is 3.15. The number of rotatable bonds is 5. The molecule has 1 aliphatic heterocycles. The van der Waals surface area contributed by atoms with Crippen LogP contribution in [-0.4, -0.2) is 38.5 Å². The Kier molecular flexibility index (Phi) is 4.85. The lowest BCUT2D eigenvalue weighted by Gasteiger charge is -2.69. The van der Waals surface area contributed by atoms with E-state index in [1.54, 1.807) is 18.2 Å². The number of nitrogens with zero attached hydrogens (tertiary/aromatic N) is 1. The van der Waals surface area contributed by atoms with Crippen LogP contribution in [0.1, 0.15) is 43.2 Å². The fourth-order valence-electron chi connectivity index (χ4n) is 5.57. The number of carbonyl (C=O) groups is 2. The van der Waals surface area contributed by atoms with Crippen molar-refractivity contribution in [2.75, 3.05) is 0 Å². The van der Waals surface area contributed by atoms with Crippen molar-refractivity contribution in [1.82, 2.24) is 20.6 Å². The lowest BCUT2D eigenvalue weighted by atomic mass is 9.39. The van der Waals surface area contributed by atoms with E-state index in [4.69, 9.17) is 16.3 Å². The topological polar surface area (TPSA) is 116 Å². The van der Waals surface area contributed by atoms with Gasteiger partial charge in [-0.2, -0.15) is 0 Å². The number of halogens is 3. The minimum atomic E-state index is -0.984. The first-order valence-electron chi connectivity index (χ1n) is 11.2. The highest BCUT2D eigenvalue weighted by atomic mass is 35.5. The predicted molar refractivity (Wildman–Crippen MR) is 120 cm³/mol. The summed E-state index contributed by atoms with van der Waals surface area (Å²) in [5.74, 6) is -1.61. The molecule has 2 bridgehead atoms. The molecule has 2 amide bonds. The van der Waals surface area contributed by atoms with Crippen LogP contribution in [0.2, 0.25) is 5.02 Å². The van der Waals surface area contributed by atoms with Crippen LogP contribution in [0.3, 0.4) is 0 Å². The van der Waals surface area contributed by atoms with Crippen LogP contribution in [-0.2, 0) is 16.1 Å². The Morgan fingerprint density at radius 3 is 2.71 bits per heavy atom. The number of aliphatic hydroxyl groups is 1. The van der Waals surface area contributed by atoms with Gasteiger partial charge in [0.05, 0.1) is 29.1 Å². The Labute approximate surface area is 203 Å². The fourth-order valence-corrected chi connectivity index (χ4v) is 5.76. The lowest BCUT2D eigenvalue weighted by Crippen LogP contribution is -2.79. The molecule has 7 rings (SSSR count). The molecule has 4 aliphatic rings. The fraction of sp³-hybridized carbons (Fsp3) is 0.375. The van der Waals surface area contributed by atoms with Crippen LogP contribution in [0.15, 0.2) is 30.3 Å². The molecule has 3 saturated carbocycles. The first-order valence-corrected chi connectivity index (χ1v) is 11.6. The maximum Gasteiger partial charge on any atom is 0.261 e. The number of aliphatic hydroxyl groups excluding tert-OH is 1. The van der Waals surface area contributed by atoms with Gasteiger partial charge in [-0.05, 0) is 37.5 Å². The zero-order valence-electron chi connectivity index (χ0n) is 18.3. The van der Waals surface area contributed by atoms with Gasteiger partial charge in [0.1, 0.15) is 11.6 Å². The average molecular weight is 503 g/mol. The number of imidazole rings is 1. The molecule has 4 N–H and O–H groups in total. The van der Waals surface area contributed by atoms with Gasteiger partial charge < -0.3 is 25.5 Å². The Hall–Kier alpha value is -3.24. The van der Waals surface area contributed by atoms with Crippen molar-refractivity contribution in [1.29, 1.82) is 0 Å². The largest absolute Gasteiger partial charge is 0.480 e. The number of nitrogens with one attached hydrogen (secondary N) is 3. The summed E-state index contributed by atoms with van der Waals surface area (Å²) < 4.78 is 32.5. The normalized spacial score (nSPS) is 28.3. The van der Waals surface area contributed by atoms with Crippen LogP contribution in [0.5, 0.6) is 5.75 Å². The quantitative estimate of drug-likeness (QED) is 0.428. The molecule has 0 saturated heterocycles. The molecule has 3 aliphatic carbocycles. The van der Waals surface area contributed by atoms with E-state index in [1.807, 2.05) is 0 Å². The van der Waals surface area contributed by atoms with Gasteiger partial charge in [0.2, 0.25) is 5.91 Å². The third-order valence-corrected chi connectivity index (χ3v) is 7.45. The van der Waals surface area contributed by atoms with Gasteiger partial charge in [0.15, 0.2) is 17.7 Å². The van der Waals surface area contributed by atoms with Crippen LogP contribution in [0.4, 0.5) is 8.78 Å². The lowest BCUT2D eigenvalue weighted by molar-refractivity contribution is -0.185. The number of amides is 2. The van der Waals surface area contributed by atoms with Crippen molar-refractivity contribution in [3.05, 3.63) is 58.4 Å². The molecular formula is C24H21ClF2N4O4. The second-order valence-corrected chi connectivity index (χ2v) is 10.2. The summed E-state index contributed by atoms with van der Waals surface area (Å²) in [6, 6.07) is 6.93. The van der Waals surface area contributed by atoms with Crippen molar-refractivity contribution in [3.8, 4) is 5.75 Å². The summed E-state index contributed by atoms with van der Waals surface area (Å²) in [5.41, 5.74) is 0.190. The zero-order chi connectivity index (χ0) is 24.5. The van der Waals surface area contributed by atoms with Crippen molar-refractivity contribution < 1.29 is 28.2 Å². The third kappa shape index (κ3) is 3.63. The molecule has 2 aromatic carbocycles. The van der Waals surface area contributed by atoms with Crippen molar-refractivity contribution in [3.63, 3.8) is 0 Å². The summed E-state index contributed by atoms with van der Waals surface area (Å²) in [6.45, 7) is 0.0923. The van der Waals surface area contributed by atoms with Crippen LogP contribution >= 0.6 is 11.6 Å². The molecular weight excluding hydrogens is 482 g/mol. The van der Waals surface area contributed by atoms with E-state index < -0.39 is 34.8 Å². The van der Waals surface area contributed by atoms with E-state index in [9.17, 15) is 23.5 Å². The highest BCUT2D eigenvalue weighted by Crippen LogP contribution is 2.67. The third-order valence-electron chi connectivity index (χ3n) is 7.22. The van der Waals surface area contributed by atoms with Crippen molar-refractivity contribution >= 4 is 34.4 Å². The summed E-state index contributed by atoms with van der Waals surface area (Å²) >= 11 is 5.97. The Balaban J connectivity index is 1.03. The van der Waals surface area contributed by atoms with E-state index in [0.717, 1.165) is 12.1 Å². The number of aromatic nitrogens is 2. The van der Waals surface area contributed by atoms with E-state index >= 15 is 0 Å². The summed E-state index contributed by atoms with van der Waals surface area (Å²) in [6.07, 6.45) is -0.0442. The maximum atomic E-state index is 13.4. The Morgan fingerprint density at radius 2 is 1.94 bits per heavy atom. The summed E-state index contributed by atoms with van der Waals surface area (Å²) in [7, 11) is 0. The number of ether oxygens (including phenoxy) is 1. The maximum absolute atomic E-state index is 13.4. The SMILES string of the molecule is O=C(NC12CC(C(=O)NCc3nc4cc(F)c(F)cc4[nH]3)(C1)C2)[C@H]1C[C@@H](O)c2cc(Cl)ccc2O1. The Morgan fingerprint density at radius 1 is 1.20 bits per heavy atom. The summed E-state index contributed by atoms with van der Waals surface area (Å²) in [4.78, 5) is 32.7. The van der Waals surface area contributed by atoms with Crippen LogP contribution in [0, 0.1) is 17.0 Å². The number of carbonyl (C=O) groups excluding carboxylic acids is 2. The first kappa shape index (κ1) is 22.2. The van der Waals surface area contributed by atoms with Gasteiger partial charge in [-0.3, -0.25) is 9.59 Å². The number of H-pyrrole nitrogens is 1. The molecule has 35 heavy (non-hydrogen) atoms. The molecule has 0 radical (unpaired) electrons. The standard InChI is InChI=1S/C24H21ClF2N4O4/c25-11-1-2-18-12(3-11)17(32)6-19(35-18)21(33)31-24-8-23(9-24,10-24)22(34)28-7-20-29-15-4-13(26)14(27)5-16(15)30-20/h1-5,17,19,32H,6-10H2,(H,28,34)(H,29,30)(H,31,33)/t17-,19-,23?,24?/m1/s1. The highest BCUT2D eigenvalue weighted by molar-refractivity contribution is 6.30. The van der Waals surface area contributed by atoms with Gasteiger partial charge in [-0.25, -0.2) is 13.8 Å². The second kappa shape index (κ2) is 7.63. The monoisotopic (exact) mass is 502 g/mol. The molecule has 0 unspecified atom stereocenters. The van der Waals surface area contributed by atoms with Gasteiger partial charge in [0.25, 0.3) is 5.91 Å². The zero-order valence-corrected chi connectivity index (χ0v) is 19.1. The highest BCUT2D eigenvalue weighted by Gasteiger charge is 2.72. The predicted octanol–water partition coefficient (Wildman–Crippen LogP) is 3.03. The molecule has 2 heterocycles. The molecule has 8 nitrogen and oxygen atoms in total. The minimum Gasteiger partial charge on any atom is -0.480 e. The molecule has 2 atom stereocenters. The molecule has 3 fully saturated rings. The number of hydrogen-bond acceptors (Lipinski definition) is 5. The number of benzene rings is 2. The minimum absolute atomic E-state index is 0.0923. The molecule has 11 heteroatoms. The Bertz CT molecular complexity index is 1330. The second-order valence-electron chi connectivity index (χ2n) is 9.77. The molecule has 1 aromatic heterocycles. The number of aromatic amines is 1. The molecule has 3 aromatic rings. The first-order chi connectivity index (χ1) is 16.7. The van der Waals surface area contributed by atoms with Crippen molar-refractivity contribution in [2.45, 2.75) is 50.0 Å².